The Balaban J connectivity index is 2.20. The second kappa shape index (κ2) is 7.54. The summed E-state index contributed by atoms with van der Waals surface area (Å²) in [4.78, 5) is 3.00. The number of rotatable bonds is 4. The number of hydrogen-bond donors (Lipinski definition) is 0. The lowest BCUT2D eigenvalue weighted by atomic mass is 10.2. The van der Waals surface area contributed by atoms with Crippen molar-refractivity contribution >= 4 is 49.1 Å². The van der Waals surface area contributed by atoms with Crippen molar-refractivity contribution in [2.75, 3.05) is 32.9 Å². The van der Waals surface area contributed by atoms with Crippen LogP contribution in [0.5, 0.6) is 5.75 Å². The first kappa shape index (κ1) is 15.9. The number of hydrogen-bond acceptors (Lipinski definition) is 3. The second-order valence-electron chi connectivity index (χ2n) is 4.27. The molecule has 1 heterocycles. The predicted octanol–water partition coefficient (Wildman–Crippen LogP) is 3.78. The molecule has 0 atom stereocenters. The van der Waals surface area contributed by atoms with Crippen LogP contribution >= 0.6 is 44.1 Å². The molecule has 0 aromatic heterocycles. The van der Waals surface area contributed by atoms with Crippen molar-refractivity contribution in [3.8, 4) is 5.75 Å². The van der Waals surface area contributed by atoms with Crippen molar-refractivity contribution in [2.24, 2.45) is 0 Å². The van der Waals surface area contributed by atoms with Gasteiger partial charge in [-0.05, 0) is 44.0 Å². The molecule has 1 saturated heterocycles. The van der Waals surface area contributed by atoms with Gasteiger partial charge in [0.15, 0.2) is 0 Å². The van der Waals surface area contributed by atoms with Crippen LogP contribution in [0, 0.1) is 0 Å². The summed E-state index contributed by atoms with van der Waals surface area (Å²) in [7, 11) is 0. The van der Waals surface area contributed by atoms with E-state index in [0.29, 0.717) is 6.61 Å². The highest BCUT2D eigenvalue weighted by atomic mass is 79.9. The van der Waals surface area contributed by atoms with E-state index in [-0.39, 0.29) is 0 Å². The van der Waals surface area contributed by atoms with Crippen LogP contribution < -0.4 is 4.74 Å². The molecule has 1 aromatic carbocycles. The summed E-state index contributed by atoms with van der Waals surface area (Å²) in [6, 6.07) is 3.97. The topological polar surface area (TPSA) is 21.7 Å². The van der Waals surface area contributed by atoms with Crippen LogP contribution in [0.25, 0.3) is 0 Å². The number of benzene rings is 1. The molecule has 1 fully saturated rings. The average molecular weight is 421 g/mol. The fourth-order valence-electron chi connectivity index (χ4n) is 1.91. The molecule has 3 nitrogen and oxygen atoms in total. The molecule has 0 spiro atoms. The first-order chi connectivity index (χ1) is 9.63. The summed E-state index contributed by atoms with van der Waals surface area (Å²) >= 11 is 12.6. The zero-order valence-electron chi connectivity index (χ0n) is 10.9. The van der Waals surface area contributed by atoms with E-state index in [1.807, 2.05) is 12.1 Å². The lowest BCUT2D eigenvalue weighted by Crippen LogP contribution is -2.40. The summed E-state index contributed by atoms with van der Waals surface area (Å²) in [6.45, 7) is 7.23. The van der Waals surface area contributed by atoms with Crippen LogP contribution in [-0.4, -0.2) is 42.8 Å². The highest BCUT2D eigenvalue weighted by Crippen LogP contribution is 2.35. The molecule has 0 N–H and O–H groups in total. The summed E-state index contributed by atoms with van der Waals surface area (Å²) in [5, 5.41) is 0. The summed E-state index contributed by atoms with van der Waals surface area (Å²) in [6.07, 6.45) is 1.71. The fourth-order valence-corrected chi connectivity index (χ4v) is 3.63. The Hall–Kier alpha value is -0.430. The molecule has 0 amide bonds. The Kier molecular flexibility index (Phi) is 6.01. The smallest absolute Gasteiger partial charge is 0.148 e. The Bertz CT molecular complexity index is 493. The summed E-state index contributed by atoms with van der Waals surface area (Å²) < 4.78 is 12.7. The number of nitrogens with zero attached hydrogens (tertiary/aromatic N) is 1. The molecule has 1 aliphatic rings. The molecule has 0 saturated carbocycles. The van der Waals surface area contributed by atoms with Gasteiger partial charge in [0.05, 0.1) is 22.2 Å². The first-order valence-corrected chi connectivity index (χ1v) is 8.22. The maximum Gasteiger partial charge on any atom is 0.148 e. The van der Waals surface area contributed by atoms with Gasteiger partial charge in [0.1, 0.15) is 17.3 Å². The van der Waals surface area contributed by atoms with Crippen LogP contribution in [0.1, 0.15) is 5.56 Å². The molecule has 0 bridgehead atoms. The minimum absolute atomic E-state index is 0.463. The number of halogens is 2. The van der Waals surface area contributed by atoms with Gasteiger partial charge in [-0.2, -0.15) is 0 Å². The third-order valence-electron chi connectivity index (χ3n) is 2.89. The Morgan fingerprint density at radius 3 is 2.50 bits per heavy atom. The van der Waals surface area contributed by atoms with E-state index >= 15 is 0 Å². The van der Waals surface area contributed by atoms with Crippen LogP contribution in [-0.2, 0) is 4.74 Å². The number of ether oxygens (including phenoxy) is 2. The monoisotopic (exact) mass is 419 g/mol. The largest absolute Gasteiger partial charge is 0.487 e. The zero-order valence-corrected chi connectivity index (χ0v) is 14.9. The highest BCUT2D eigenvalue weighted by Gasteiger charge is 2.17. The zero-order chi connectivity index (χ0) is 14.5. The van der Waals surface area contributed by atoms with Crippen LogP contribution in [0.15, 0.2) is 33.7 Å². The second-order valence-corrected chi connectivity index (χ2v) is 6.37. The third-order valence-corrected chi connectivity index (χ3v) is 4.56. The Morgan fingerprint density at radius 2 is 1.95 bits per heavy atom. The van der Waals surface area contributed by atoms with E-state index < -0.39 is 0 Å². The van der Waals surface area contributed by atoms with Crippen molar-refractivity contribution in [1.82, 2.24) is 4.90 Å². The molecular formula is C14H15Br2NO2S. The molecule has 0 radical (unpaired) electrons. The van der Waals surface area contributed by atoms with Gasteiger partial charge in [-0.1, -0.05) is 24.9 Å². The lowest BCUT2D eigenvalue weighted by Gasteiger charge is -2.29. The van der Waals surface area contributed by atoms with Crippen molar-refractivity contribution in [1.29, 1.82) is 0 Å². The van der Waals surface area contributed by atoms with Gasteiger partial charge < -0.3 is 14.4 Å². The van der Waals surface area contributed by atoms with Crippen LogP contribution in [0.4, 0.5) is 0 Å². The normalized spacial score (nSPS) is 15.0. The molecule has 2 rings (SSSR count). The lowest BCUT2D eigenvalue weighted by molar-refractivity contribution is 0.0693. The van der Waals surface area contributed by atoms with E-state index in [4.69, 9.17) is 21.7 Å². The molecule has 20 heavy (non-hydrogen) atoms. The van der Waals surface area contributed by atoms with Gasteiger partial charge in [-0.25, -0.2) is 0 Å². The molecule has 6 heteroatoms. The number of thiocarbonyl (C=S) groups is 1. The average Bonchev–Trinajstić information content (AvgIpc) is 2.46. The van der Waals surface area contributed by atoms with Gasteiger partial charge in [-0.15, -0.1) is 0 Å². The van der Waals surface area contributed by atoms with Crippen LogP contribution in [0.3, 0.4) is 0 Å². The molecule has 1 aliphatic heterocycles. The Morgan fingerprint density at radius 1 is 1.35 bits per heavy atom. The van der Waals surface area contributed by atoms with Gasteiger partial charge in [0.2, 0.25) is 0 Å². The first-order valence-electron chi connectivity index (χ1n) is 6.23. The third kappa shape index (κ3) is 3.81. The minimum atomic E-state index is 0.463. The van der Waals surface area contributed by atoms with E-state index in [0.717, 1.165) is 51.6 Å². The van der Waals surface area contributed by atoms with E-state index in [2.05, 4.69) is 43.3 Å². The van der Waals surface area contributed by atoms with Crippen molar-refractivity contribution in [2.45, 2.75) is 0 Å². The fraction of sp³-hybridized carbons (Fsp3) is 0.357. The highest BCUT2D eigenvalue weighted by molar-refractivity contribution is 9.11. The van der Waals surface area contributed by atoms with Crippen LogP contribution in [0.2, 0.25) is 0 Å². The quantitative estimate of drug-likeness (QED) is 0.545. The summed E-state index contributed by atoms with van der Waals surface area (Å²) in [5.74, 6) is 0.762. The van der Waals surface area contributed by atoms with Crippen molar-refractivity contribution in [3.63, 3.8) is 0 Å². The molecule has 0 aliphatic carbocycles. The molecular weight excluding hydrogens is 406 g/mol. The maximum atomic E-state index is 5.61. The molecule has 0 unspecified atom stereocenters. The molecule has 108 valence electrons. The van der Waals surface area contributed by atoms with E-state index in [1.54, 1.807) is 6.08 Å². The predicted molar refractivity (Wildman–Crippen MR) is 91.6 cm³/mol. The minimum Gasteiger partial charge on any atom is -0.487 e. The SMILES string of the molecule is C=CCOc1c(Br)cc(C(=S)N2CCOCC2)cc1Br. The van der Waals surface area contributed by atoms with E-state index in [1.165, 1.54) is 0 Å². The van der Waals surface area contributed by atoms with Gasteiger partial charge in [0.25, 0.3) is 0 Å². The number of morpholine rings is 1. The summed E-state index contributed by atoms with van der Waals surface area (Å²) in [5.41, 5.74) is 0.992. The van der Waals surface area contributed by atoms with Crippen molar-refractivity contribution in [3.05, 3.63) is 39.3 Å². The maximum absolute atomic E-state index is 5.61. The van der Waals surface area contributed by atoms with Gasteiger partial charge in [0, 0.05) is 18.7 Å². The Labute approximate surface area is 141 Å². The van der Waals surface area contributed by atoms with Gasteiger partial charge in [-0.3, -0.25) is 0 Å². The van der Waals surface area contributed by atoms with E-state index in [9.17, 15) is 0 Å². The standard InChI is InChI=1S/C14H15Br2NO2S/c1-2-5-19-13-11(15)8-10(9-12(13)16)14(20)17-3-6-18-7-4-17/h2,8-9H,1,3-7H2. The molecule has 1 aromatic rings. The van der Waals surface area contributed by atoms with Gasteiger partial charge >= 0.3 is 0 Å². The van der Waals surface area contributed by atoms with Crippen molar-refractivity contribution < 1.29 is 9.47 Å².